The lowest BCUT2D eigenvalue weighted by Crippen LogP contribution is -2.56. The Morgan fingerprint density at radius 2 is 1.91 bits per heavy atom. The van der Waals surface area contributed by atoms with Gasteiger partial charge < -0.3 is 20.2 Å². The van der Waals surface area contributed by atoms with Crippen molar-refractivity contribution in [2.24, 2.45) is 9.98 Å². The van der Waals surface area contributed by atoms with E-state index in [4.69, 9.17) is 10.5 Å². The van der Waals surface area contributed by atoms with Crippen molar-refractivity contribution >= 4 is 22.9 Å². The monoisotopic (exact) mass is 312 g/mol. The quantitative estimate of drug-likeness (QED) is 0.542. The van der Waals surface area contributed by atoms with E-state index in [0.717, 1.165) is 0 Å². The van der Waals surface area contributed by atoms with E-state index in [2.05, 4.69) is 15.3 Å². The van der Waals surface area contributed by atoms with Crippen LogP contribution in [0.3, 0.4) is 0 Å². The Labute approximate surface area is 131 Å². The Bertz CT molecular complexity index is 804. The van der Waals surface area contributed by atoms with Crippen molar-refractivity contribution in [2.45, 2.75) is 12.6 Å². The Kier molecular flexibility index (Phi) is 3.78. The lowest BCUT2D eigenvalue weighted by atomic mass is 10.0. The number of fused-ring (bicyclic) bond motifs is 2. The minimum absolute atomic E-state index is 0.126. The minimum Gasteiger partial charge on any atom is -0.395 e. The highest BCUT2D eigenvalue weighted by atomic mass is 16.3. The van der Waals surface area contributed by atoms with Crippen LogP contribution in [0.1, 0.15) is 11.1 Å². The topological polar surface area (TPSA) is 148 Å². The van der Waals surface area contributed by atoms with Gasteiger partial charge in [0.1, 0.15) is 17.9 Å². The number of nitriles is 2. The zero-order chi connectivity index (χ0) is 16.6. The van der Waals surface area contributed by atoms with E-state index in [9.17, 15) is 15.3 Å². The van der Waals surface area contributed by atoms with Crippen molar-refractivity contribution < 1.29 is 15.3 Å². The molecule has 4 N–H and O–H groups in total. The average Bonchev–Trinajstić information content (AvgIpc) is 2.54. The van der Waals surface area contributed by atoms with Crippen LogP contribution in [0.15, 0.2) is 22.1 Å². The molecule has 9 nitrogen and oxygen atoms in total. The smallest absolute Gasteiger partial charge is 0.206 e. The number of amidine groups is 1. The Hall–Kier alpha value is -2.82. The molecule has 2 aliphatic heterocycles. The molecule has 0 aromatic heterocycles. The second kappa shape index (κ2) is 5.76. The number of anilines is 1. The van der Waals surface area contributed by atoms with E-state index in [1.54, 1.807) is 4.90 Å². The van der Waals surface area contributed by atoms with Gasteiger partial charge in [-0.2, -0.15) is 10.5 Å². The lowest BCUT2D eigenvalue weighted by molar-refractivity contribution is 0.0770. The zero-order valence-electron chi connectivity index (χ0n) is 11.8. The van der Waals surface area contributed by atoms with Gasteiger partial charge in [-0.05, 0) is 12.1 Å². The number of β-amino-alcohol motifs (C(OH)–C–C–N with tert-alkyl or cyclic N) is 1. The van der Waals surface area contributed by atoms with Crippen molar-refractivity contribution in [2.75, 3.05) is 18.1 Å². The van der Waals surface area contributed by atoms with Crippen LogP contribution in [0, 0.1) is 22.7 Å². The first-order valence-electron chi connectivity index (χ1n) is 6.74. The molecule has 0 aliphatic carbocycles. The summed E-state index contributed by atoms with van der Waals surface area (Å²) in [6, 6.07) is 6.79. The maximum atomic E-state index is 10.0. The molecular formula is C14H12N6O3. The third kappa shape index (κ3) is 2.44. The van der Waals surface area contributed by atoms with Crippen LogP contribution in [-0.2, 0) is 0 Å². The number of aliphatic hydroxyl groups is 3. The summed E-state index contributed by atoms with van der Waals surface area (Å²) in [5.41, 5.74) is 1.35. The van der Waals surface area contributed by atoms with Crippen molar-refractivity contribution in [3.05, 3.63) is 23.3 Å². The van der Waals surface area contributed by atoms with Gasteiger partial charge >= 0.3 is 0 Å². The van der Waals surface area contributed by atoms with E-state index in [1.807, 2.05) is 12.1 Å². The number of hydrogen-bond acceptors (Lipinski definition) is 9. The number of nitrogens with one attached hydrogen (secondary N) is 1. The molecule has 9 heteroatoms. The Balaban J connectivity index is 2.24. The van der Waals surface area contributed by atoms with Crippen LogP contribution in [-0.4, -0.2) is 52.6 Å². The fraction of sp³-hybridized carbons (Fsp3) is 0.286. The van der Waals surface area contributed by atoms with Gasteiger partial charge in [-0.25, -0.2) is 15.3 Å². The van der Waals surface area contributed by atoms with E-state index in [1.165, 1.54) is 12.1 Å². The van der Waals surface area contributed by atoms with E-state index < -0.39 is 12.6 Å². The standard InChI is InChI=1S/C14H12N6O3/c15-5-7-3-9-10(4-8(7)6-16)20(1-2-21)12-11(17-9)13(22)19-14(23)18-12/h3-4,13-14,19,21-23H,1-2H2. The summed E-state index contributed by atoms with van der Waals surface area (Å²) in [5.74, 6) is 0.207. The predicted molar refractivity (Wildman–Crippen MR) is 80.0 cm³/mol. The molecule has 3 rings (SSSR count). The maximum Gasteiger partial charge on any atom is 0.206 e. The SMILES string of the molecule is N#Cc1cc2c(cc1C#N)N(CCO)C1=NC(O)NC(O)C1=N2. The molecule has 0 saturated carbocycles. The molecule has 2 unspecified atom stereocenters. The highest BCUT2D eigenvalue weighted by Crippen LogP contribution is 2.36. The van der Waals surface area contributed by atoms with Gasteiger partial charge in [-0.15, -0.1) is 0 Å². The minimum atomic E-state index is -1.31. The summed E-state index contributed by atoms with van der Waals surface area (Å²) >= 11 is 0. The molecule has 0 spiro atoms. The average molecular weight is 312 g/mol. The number of aliphatic hydroxyl groups excluding tert-OH is 3. The Morgan fingerprint density at radius 3 is 2.57 bits per heavy atom. The molecule has 0 fully saturated rings. The zero-order valence-corrected chi connectivity index (χ0v) is 11.8. The lowest BCUT2D eigenvalue weighted by Gasteiger charge is -2.36. The number of nitrogens with zero attached hydrogens (tertiary/aromatic N) is 5. The fourth-order valence-corrected chi connectivity index (χ4v) is 2.52. The van der Waals surface area contributed by atoms with Crippen LogP contribution in [0.2, 0.25) is 0 Å². The van der Waals surface area contributed by atoms with Crippen LogP contribution >= 0.6 is 0 Å². The fourth-order valence-electron chi connectivity index (χ4n) is 2.52. The molecule has 0 bridgehead atoms. The molecule has 0 amide bonds. The summed E-state index contributed by atoms with van der Waals surface area (Å²) in [6.45, 7) is -0.0890. The molecule has 2 heterocycles. The number of rotatable bonds is 2. The highest BCUT2D eigenvalue weighted by Gasteiger charge is 2.35. The van der Waals surface area contributed by atoms with Gasteiger partial charge in [0.05, 0.1) is 29.1 Å². The van der Waals surface area contributed by atoms with Crippen LogP contribution in [0.25, 0.3) is 0 Å². The van der Waals surface area contributed by atoms with Gasteiger partial charge in [0.2, 0.25) is 6.35 Å². The van der Waals surface area contributed by atoms with Gasteiger partial charge in [-0.1, -0.05) is 0 Å². The second-order valence-corrected chi connectivity index (χ2v) is 4.88. The molecule has 116 valence electrons. The molecule has 1 aromatic carbocycles. The molecule has 0 radical (unpaired) electrons. The molecule has 2 atom stereocenters. The molecule has 2 aliphatic rings. The summed E-state index contributed by atoms with van der Waals surface area (Å²) < 4.78 is 0. The molecular weight excluding hydrogens is 300 g/mol. The first-order chi connectivity index (χ1) is 11.1. The summed E-state index contributed by atoms with van der Waals surface area (Å²) in [4.78, 5) is 9.82. The first kappa shape index (κ1) is 15.1. The number of hydrogen-bond donors (Lipinski definition) is 4. The molecule has 0 saturated heterocycles. The summed E-state index contributed by atoms with van der Waals surface area (Å²) in [6.07, 6.45) is -2.55. The summed E-state index contributed by atoms with van der Waals surface area (Å²) in [5, 5.41) is 49.6. The number of benzene rings is 1. The van der Waals surface area contributed by atoms with E-state index in [0.29, 0.717) is 11.4 Å². The maximum absolute atomic E-state index is 10.0. The van der Waals surface area contributed by atoms with Crippen molar-refractivity contribution in [3.63, 3.8) is 0 Å². The van der Waals surface area contributed by atoms with Crippen molar-refractivity contribution in [1.82, 2.24) is 5.32 Å². The molecule has 1 aromatic rings. The summed E-state index contributed by atoms with van der Waals surface area (Å²) in [7, 11) is 0. The second-order valence-electron chi connectivity index (χ2n) is 4.88. The number of aliphatic imine (C=N–C) groups is 2. The van der Waals surface area contributed by atoms with Gasteiger partial charge in [0, 0.05) is 6.54 Å². The van der Waals surface area contributed by atoms with Crippen molar-refractivity contribution in [3.8, 4) is 12.1 Å². The van der Waals surface area contributed by atoms with Gasteiger partial charge in [0.15, 0.2) is 12.1 Å². The Morgan fingerprint density at radius 1 is 1.22 bits per heavy atom. The third-order valence-electron chi connectivity index (χ3n) is 3.51. The van der Waals surface area contributed by atoms with Crippen LogP contribution in [0.5, 0.6) is 0 Å². The van der Waals surface area contributed by atoms with Gasteiger partial charge in [-0.3, -0.25) is 0 Å². The highest BCUT2D eigenvalue weighted by molar-refractivity contribution is 6.49. The predicted octanol–water partition coefficient (Wildman–Crippen LogP) is -1.09. The van der Waals surface area contributed by atoms with Crippen LogP contribution in [0.4, 0.5) is 11.4 Å². The van der Waals surface area contributed by atoms with Gasteiger partial charge in [0.25, 0.3) is 0 Å². The van der Waals surface area contributed by atoms with Crippen LogP contribution < -0.4 is 10.2 Å². The van der Waals surface area contributed by atoms with E-state index >= 15 is 0 Å². The van der Waals surface area contributed by atoms with Crippen molar-refractivity contribution in [1.29, 1.82) is 10.5 Å². The molecule has 23 heavy (non-hydrogen) atoms. The normalized spacial score (nSPS) is 22.2. The first-order valence-corrected chi connectivity index (χ1v) is 6.74. The third-order valence-corrected chi connectivity index (χ3v) is 3.51. The van der Waals surface area contributed by atoms with E-state index in [-0.39, 0.29) is 35.8 Å². The largest absolute Gasteiger partial charge is 0.395 e.